The second kappa shape index (κ2) is 10.2. The van der Waals surface area contributed by atoms with E-state index in [-0.39, 0.29) is 5.41 Å². The molecule has 0 amide bonds. The Morgan fingerprint density at radius 2 is 1.92 bits per heavy atom. The van der Waals surface area contributed by atoms with Crippen molar-refractivity contribution in [3.05, 3.63) is 65.6 Å². The number of hydrogen-bond donors (Lipinski definition) is 3. The Morgan fingerprint density at radius 1 is 1.05 bits per heavy atom. The predicted molar refractivity (Wildman–Crippen MR) is 155 cm³/mol. The van der Waals surface area contributed by atoms with Crippen molar-refractivity contribution in [1.82, 2.24) is 25.3 Å². The van der Waals surface area contributed by atoms with E-state index in [4.69, 9.17) is 15.2 Å². The van der Waals surface area contributed by atoms with Gasteiger partial charge in [0.25, 0.3) is 0 Å². The summed E-state index contributed by atoms with van der Waals surface area (Å²) in [5, 5.41) is 21.1. The molecule has 2 fully saturated rings. The molecular formula is C31H34N8. The van der Waals surface area contributed by atoms with E-state index in [1.54, 1.807) is 6.20 Å². The van der Waals surface area contributed by atoms with Gasteiger partial charge >= 0.3 is 0 Å². The number of aryl methyl sites for hydroxylation is 1. The van der Waals surface area contributed by atoms with Crippen molar-refractivity contribution >= 4 is 28.2 Å². The first-order valence-electron chi connectivity index (χ1n) is 13.8. The van der Waals surface area contributed by atoms with Gasteiger partial charge in [-0.1, -0.05) is 32.4 Å². The van der Waals surface area contributed by atoms with Gasteiger partial charge in [-0.25, -0.2) is 15.0 Å². The zero-order chi connectivity index (χ0) is 27.0. The van der Waals surface area contributed by atoms with E-state index >= 15 is 0 Å². The number of pyridine rings is 2. The molecule has 0 spiro atoms. The van der Waals surface area contributed by atoms with Gasteiger partial charge in [0.15, 0.2) is 5.82 Å². The highest BCUT2D eigenvalue weighted by Gasteiger charge is 2.33. The van der Waals surface area contributed by atoms with Crippen molar-refractivity contribution in [1.29, 1.82) is 5.26 Å². The SMILES string of the molecule is Cc1cc(C#N)cnc1Nc1cccc(-c2nc(N[C@H]3CCNCC3(C)C)c3c(C4CCC4)cncc3n2)c1. The lowest BCUT2D eigenvalue weighted by Gasteiger charge is -2.40. The smallest absolute Gasteiger partial charge is 0.162 e. The number of anilines is 3. The fraction of sp³-hybridized carbons (Fsp3) is 0.387. The van der Waals surface area contributed by atoms with Gasteiger partial charge in [0.1, 0.15) is 17.7 Å². The normalized spacial score (nSPS) is 18.8. The topological polar surface area (TPSA) is 111 Å². The molecule has 8 nitrogen and oxygen atoms in total. The van der Waals surface area contributed by atoms with E-state index in [0.717, 1.165) is 58.9 Å². The zero-order valence-electron chi connectivity index (χ0n) is 22.8. The van der Waals surface area contributed by atoms with Crippen molar-refractivity contribution in [3.63, 3.8) is 0 Å². The molecule has 0 radical (unpaired) electrons. The molecule has 198 valence electrons. The van der Waals surface area contributed by atoms with Crippen LogP contribution in [0.1, 0.15) is 62.1 Å². The third kappa shape index (κ3) is 5.02. The van der Waals surface area contributed by atoms with Gasteiger partial charge in [-0.3, -0.25) is 4.98 Å². The van der Waals surface area contributed by atoms with Crippen molar-refractivity contribution in [2.24, 2.45) is 5.41 Å². The Kier molecular flexibility index (Phi) is 6.61. The third-order valence-electron chi connectivity index (χ3n) is 8.22. The Balaban J connectivity index is 1.41. The van der Waals surface area contributed by atoms with E-state index in [9.17, 15) is 0 Å². The molecule has 2 aliphatic rings. The van der Waals surface area contributed by atoms with E-state index in [1.807, 2.05) is 49.6 Å². The van der Waals surface area contributed by atoms with Gasteiger partial charge < -0.3 is 16.0 Å². The minimum absolute atomic E-state index is 0.0924. The predicted octanol–water partition coefficient (Wildman–Crippen LogP) is 6.08. The summed E-state index contributed by atoms with van der Waals surface area (Å²) in [7, 11) is 0. The summed E-state index contributed by atoms with van der Waals surface area (Å²) in [6.07, 6.45) is 10.2. The molecule has 0 unspecified atom stereocenters. The van der Waals surface area contributed by atoms with Crippen LogP contribution in [0.5, 0.6) is 0 Å². The lowest BCUT2D eigenvalue weighted by molar-refractivity contribution is 0.236. The minimum atomic E-state index is 0.0924. The number of aromatic nitrogens is 4. The average Bonchev–Trinajstić information content (AvgIpc) is 2.90. The number of piperidine rings is 1. The summed E-state index contributed by atoms with van der Waals surface area (Å²) in [4.78, 5) is 19.2. The van der Waals surface area contributed by atoms with Crippen molar-refractivity contribution in [2.45, 2.75) is 58.4 Å². The van der Waals surface area contributed by atoms with Gasteiger partial charge in [0.05, 0.1) is 17.3 Å². The fourth-order valence-corrected chi connectivity index (χ4v) is 5.61. The third-order valence-corrected chi connectivity index (χ3v) is 8.22. The lowest BCUT2D eigenvalue weighted by atomic mass is 9.78. The van der Waals surface area contributed by atoms with Crippen LogP contribution in [-0.2, 0) is 0 Å². The van der Waals surface area contributed by atoms with Gasteiger partial charge in [-0.2, -0.15) is 5.26 Å². The number of nitrogens with one attached hydrogen (secondary N) is 3. The van der Waals surface area contributed by atoms with Crippen molar-refractivity contribution in [3.8, 4) is 17.5 Å². The Morgan fingerprint density at radius 3 is 2.67 bits per heavy atom. The van der Waals surface area contributed by atoms with Crippen molar-refractivity contribution in [2.75, 3.05) is 23.7 Å². The zero-order valence-corrected chi connectivity index (χ0v) is 22.8. The molecule has 8 heteroatoms. The van der Waals surface area contributed by atoms with Gasteiger partial charge in [-0.05, 0) is 73.4 Å². The molecule has 1 aromatic carbocycles. The Bertz CT molecular complexity index is 1570. The molecule has 6 rings (SSSR count). The molecule has 3 aromatic heterocycles. The molecule has 1 atom stereocenters. The van der Waals surface area contributed by atoms with E-state index in [0.29, 0.717) is 23.3 Å². The van der Waals surface area contributed by atoms with E-state index in [2.05, 4.69) is 45.8 Å². The van der Waals surface area contributed by atoms with Crippen LogP contribution in [0.4, 0.5) is 17.3 Å². The Labute approximate surface area is 229 Å². The molecular weight excluding hydrogens is 484 g/mol. The molecule has 4 heterocycles. The Hall–Kier alpha value is -4.09. The number of rotatable bonds is 6. The van der Waals surface area contributed by atoms with Crippen LogP contribution >= 0.6 is 0 Å². The van der Waals surface area contributed by atoms with E-state index in [1.165, 1.54) is 24.8 Å². The van der Waals surface area contributed by atoms with Gasteiger partial charge in [0.2, 0.25) is 0 Å². The van der Waals surface area contributed by atoms with Crippen LogP contribution < -0.4 is 16.0 Å². The standard InChI is InChI=1S/C31H34N8/c1-19-12-20(14-32)15-35-28(19)36-23-9-5-8-22(13-23)29-37-25-17-34-16-24(21-6-4-7-21)27(25)30(39-29)38-26-10-11-33-18-31(26,2)3/h5,8-9,12-13,15-17,21,26,33H,4,6-7,10-11,18H2,1-3H3,(H,35,36)(H,37,38,39)/t26-/m0/s1. The number of fused-ring (bicyclic) bond motifs is 1. The molecule has 4 aromatic rings. The highest BCUT2D eigenvalue weighted by Crippen LogP contribution is 2.42. The maximum Gasteiger partial charge on any atom is 0.162 e. The molecule has 0 bridgehead atoms. The highest BCUT2D eigenvalue weighted by molar-refractivity contribution is 5.93. The molecule has 1 aliphatic heterocycles. The highest BCUT2D eigenvalue weighted by atomic mass is 15.1. The summed E-state index contributed by atoms with van der Waals surface area (Å²) in [5.41, 5.74) is 5.48. The van der Waals surface area contributed by atoms with Crippen LogP contribution in [0, 0.1) is 23.7 Å². The molecule has 1 aliphatic carbocycles. The summed E-state index contributed by atoms with van der Waals surface area (Å²) >= 11 is 0. The first kappa shape index (κ1) is 25.2. The first-order valence-corrected chi connectivity index (χ1v) is 13.8. The minimum Gasteiger partial charge on any atom is -0.366 e. The quantitative estimate of drug-likeness (QED) is 0.282. The first-order chi connectivity index (χ1) is 18.9. The largest absolute Gasteiger partial charge is 0.366 e. The monoisotopic (exact) mass is 518 g/mol. The van der Waals surface area contributed by atoms with Gasteiger partial charge in [0, 0.05) is 41.6 Å². The lowest BCUT2D eigenvalue weighted by Crippen LogP contribution is -2.49. The van der Waals surface area contributed by atoms with Crippen LogP contribution in [0.3, 0.4) is 0 Å². The number of hydrogen-bond acceptors (Lipinski definition) is 8. The molecule has 39 heavy (non-hydrogen) atoms. The average molecular weight is 519 g/mol. The summed E-state index contributed by atoms with van der Waals surface area (Å²) in [6.45, 7) is 8.52. The van der Waals surface area contributed by atoms with Crippen LogP contribution in [-0.4, -0.2) is 39.1 Å². The van der Waals surface area contributed by atoms with Crippen molar-refractivity contribution < 1.29 is 0 Å². The van der Waals surface area contributed by atoms with Crippen LogP contribution in [0.15, 0.2) is 48.9 Å². The second-order valence-electron chi connectivity index (χ2n) is 11.5. The number of nitriles is 1. The summed E-state index contributed by atoms with van der Waals surface area (Å²) in [5.74, 6) is 2.81. The van der Waals surface area contributed by atoms with Crippen LogP contribution in [0.2, 0.25) is 0 Å². The number of nitrogens with zero attached hydrogens (tertiary/aromatic N) is 5. The van der Waals surface area contributed by atoms with E-state index < -0.39 is 0 Å². The molecule has 1 saturated carbocycles. The maximum absolute atomic E-state index is 9.16. The molecule has 1 saturated heterocycles. The maximum atomic E-state index is 9.16. The van der Waals surface area contributed by atoms with Crippen LogP contribution in [0.25, 0.3) is 22.3 Å². The second-order valence-corrected chi connectivity index (χ2v) is 11.5. The number of benzene rings is 1. The summed E-state index contributed by atoms with van der Waals surface area (Å²) in [6, 6.07) is 12.3. The molecule has 3 N–H and O–H groups in total. The summed E-state index contributed by atoms with van der Waals surface area (Å²) < 4.78 is 0. The van der Waals surface area contributed by atoms with Gasteiger partial charge in [-0.15, -0.1) is 0 Å². The fourth-order valence-electron chi connectivity index (χ4n) is 5.61.